The fraction of sp³-hybridized carbons (Fsp3) is 0.208. The van der Waals surface area contributed by atoms with Gasteiger partial charge in [0.05, 0.1) is 5.39 Å². The molecule has 0 saturated carbocycles. The van der Waals surface area contributed by atoms with E-state index in [0.717, 1.165) is 32.8 Å². The largest absolute Gasteiger partial charge is 0.369 e. The van der Waals surface area contributed by atoms with Crippen molar-refractivity contribution in [2.75, 3.05) is 23.3 Å². The van der Waals surface area contributed by atoms with Crippen LogP contribution < -0.4 is 10.2 Å². The Labute approximate surface area is 180 Å². The lowest BCUT2D eigenvalue weighted by Gasteiger charge is -2.21. The number of carbonyl (C=O) groups is 1. The van der Waals surface area contributed by atoms with Crippen LogP contribution in [-0.4, -0.2) is 29.0 Å². The molecule has 0 bridgehead atoms. The van der Waals surface area contributed by atoms with Gasteiger partial charge in [0.25, 0.3) is 0 Å². The molecule has 0 spiro atoms. The van der Waals surface area contributed by atoms with Crippen molar-refractivity contribution in [3.8, 4) is 11.1 Å². The van der Waals surface area contributed by atoms with Crippen molar-refractivity contribution in [3.05, 3.63) is 71.9 Å². The third-order valence-corrected chi connectivity index (χ3v) is 6.06. The molecule has 2 heterocycles. The molecule has 1 N–H and O–H groups in total. The Bertz CT molecular complexity index is 1140. The topological polar surface area (TPSA) is 58.1 Å². The predicted octanol–water partition coefficient (Wildman–Crippen LogP) is 5.52. The highest BCUT2D eigenvalue weighted by molar-refractivity contribution is 7.19. The summed E-state index contributed by atoms with van der Waals surface area (Å²) in [6.45, 7) is 5.26. The Morgan fingerprint density at radius 1 is 1.03 bits per heavy atom. The van der Waals surface area contributed by atoms with E-state index in [9.17, 15) is 4.79 Å². The van der Waals surface area contributed by atoms with E-state index < -0.39 is 0 Å². The maximum Gasteiger partial charge on any atom is 0.228 e. The number of benzene rings is 2. The van der Waals surface area contributed by atoms with Gasteiger partial charge in [-0.3, -0.25) is 4.79 Å². The second kappa shape index (κ2) is 9.05. The maximum absolute atomic E-state index is 12.8. The normalized spacial score (nSPS) is 10.9. The van der Waals surface area contributed by atoms with Gasteiger partial charge in [-0.15, -0.1) is 11.3 Å². The molecule has 0 saturated heterocycles. The van der Waals surface area contributed by atoms with Crippen molar-refractivity contribution in [2.45, 2.75) is 20.3 Å². The van der Waals surface area contributed by atoms with Gasteiger partial charge in [-0.05, 0) is 31.5 Å². The highest BCUT2D eigenvalue weighted by Gasteiger charge is 2.17. The first-order chi connectivity index (χ1) is 14.7. The second-order valence-corrected chi connectivity index (χ2v) is 8.16. The first kappa shape index (κ1) is 20.0. The number of hydrogen-bond donors (Lipinski definition) is 1. The fourth-order valence-electron chi connectivity index (χ4n) is 3.66. The van der Waals surface area contributed by atoms with Gasteiger partial charge in [-0.2, -0.15) is 0 Å². The third-order valence-electron chi connectivity index (χ3n) is 5.04. The summed E-state index contributed by atoms with van der Waals surface area (Å²) in [6, 6.07) is 20.1. The maximum atomic E-state index is 12.8. The van der Waals surface area contributed by atoms with E-state index in [1.54, 1.807) is 22.6 Å². The van der Waals surface area contributed by atoms with Crippen molar-refractivity contribution >= 4 is 39.0 Å². The van der Waals surface area contributed by atoms with Gasteiger partial charge in [-0.25, -0.2) is 9.97 Å². The van der Waals surface area contributed by atoms with Crippen LogP contribution in [-0.2, 0) is 4.79 Å². The Hall–Kier alpha value is -3.25. The highest BCUT2D eigenvalue weighted by atomic mass is 32.1. The Morgan fingerprint density at radius 2 is 1.73 bits per heavy atom. The van der Waals surface area contributed by atoms with E-state index >= 15 is 0 Å². The summed E-state index contributed by atoms with van der Waals surface area (Å²) in [5.74, 6) is 0.866. The van der Waals surface area contributed by atoms with E-state index in [-0.39, 0.29) is 5.91 Å². The average Bonchev–Trinajstić information content (AvgIpc) is 3.12. The molecule has 0 fully saturated rings. The molecule has 5 nitrogen and oxygen atoms in total. The van der Waals surface area contributed by atoms with Gasteiger partial charge in [-0.1, -0.05) is 48.5 Å². The van der Waals surface area contributed by atoms with E-state index in [0.29, 0.717) is 19.5 Å². The summed E-state index contributed by atoms with van der Waals surface area (Å²) < 4.78 is 0. The lowest BCUT2D eigenvalue weighted by Crippen LogP contribution is -2.31. The zero-order valence-electron chi connectivity index (χ0n) is 17.1. The van der Waals surface area contributed by atoms with E-state index in [1.807, 2.05) is 55.5 Å². The first-order valence-electron chi connectivity index (χ1n) is 10.1. The highest BCUT2D eigenvalue weighted by Crippen LogP contribution is 2.40. The van der Waals surface area contributed by atoms with Crippen LogP contribution >= 0.6 is 11.3 Å². The van der Waals surface area contributed by atoms with E-state index in [4.69, 9.17) is 0 Å². The van der Waals surface area contributed by atoms with Gasteiger partial charge in [0.2, 0.25) is 5.91 Å². The summed E-state index contributed by atoms with van der Waals surface area (Å²) in [7, 11) is 0. The van der Waals surface area contributed by atoms with Gasteiger partial charge in [0, 0.05) is 35.6 Å². The monoisotopic (exact) mass is 416 g/mol. The SMILES string of the molecule is CCN(C(=O)CCNc1ncnc2sc(C)c(-c3ccccc3)c12)c1ccccc1. The molecule has 6 heteroatoms. The number of aromatic nitrogens is 2. The molecule has 4 aromatic rings. The molecule has 0 unspecified atom stereocenters. The number of aryl methyl sites for hydroxylation is 1. The molecule has 1 amide bonds. The van der Waals surface area contributed by atoms with Crippen molar-refractivity contribution in [1.82, 2.24) is 9.97 Å². The molecule has 0 radical (unpaired) electrons. The zero-order valence-corrected chi connectivity index (χ0v) is 17.9. The standard InChI is InChI=1S/C24H24N4OS/c1-3-28(19-12-8-5-9-13-19)20(29)14-15-25-23-22-21(18-10-6-4-7-11-18)17(2)30-24(22)27-16-26-23/h4-13,16H,3,14-15H2,1-2H3,(H,25,26,27). The minimum absolute atomic E-state index is 0.0892. The van der Waals surface area contributed by atoms with Crippen molar-refractivity contribution in [3.63, 3.8) is 0 Å². The molecule has 152 valence electrons. The number of amides is 1. The smallest absolute Gasteiger partial charge is 0.228 e. The van der Waals surface area contributed by atoms with Crippen molar-refractivity contribution < 1.29 is 4.79 Å². The molecule has 2 aromatic heterocycles. The molecule has 2 aromatic carbocycles. The van der Waals surface area contributed by atoms with E-state index in [2.05, 4.69) is 34.3 Å². The van der Waals surface area contributed by atoms with Crippen molar-refractivity contribution in [1.29, 1.82) is 0 Å². The fourth-order valence-corrected chi connectivity index (χ4v) is 4.68. The van der Waals surface area contributed by atoms with Gasteiger partial charge < -0.3 is 10.2 Å². The van der Waals surface area contributed by atoms with E-state index in [1.165, 1.54) is 4.88 Å². The molecule has 0 aliphatic carbocycles. The number of nitrogens with zero attached hydrogens (tertiary/aromatic N) is 3. The number of thiophene rings is 1. The van der Waals surface area contributed by atoms with Crippen molar-refractivity contribution in [2.24, 2.45) is 0 Å². The summed E-state index contributed by atoms with van der Waals surface area (Å²) in [5.41, 5.74) is 3.23. The first-order valence-corrected chi connectivity index (χ1v) is 10.9. The van der Waals surface area contributed by atoms with Crippen LogP contribution in [0.5, 0.6) is 0 Å². The number of hydrogen-bond acceptors (Lipinski definition) is 5. The Kier molecular flexibility index (Phi) is 6.05. The summed E-state index contributed by atoms with van der Waals surface area (Å²) >= 11 is 1.67. The molecule has 30 heavy (non-hydrogen) atoms. The van der Waals surface area contributed by atoms with Crippen LogP contribution in [0.1, 0.15) is 18.2 Å². The third kappa shape index (κ3) is 4.04. The second-order valence-electron chi connectivity index (χ2n) is 6.95. The number of para-hydroxylation sites is 1. The van der Waals surface area contributed by atoms with Crippen LogP contribution in [0.3, 0.4) is 0 Å². The quantitative estimate of drug-likeness (QED) is 0.431. The molecule has 0 atom stereocenters. The summed E-state index contributed by atoms with van der Waals surface area (Å²) in [5, 5.41) is 4.40. The van der Waals surface area contributed by atoms with Crippen LogP contribution in [0.25, 0.3) is 21.3 Å². The van der Waals surface area contributed by atoms with Gasteiger partial charge in [0.15, 0.2) is 0 Å². The van der Waals surface area contributed by atoms with Gasteiger partial charge >= 0.3 is 0 Å². The summed E-state index contributed by atoms with van der Waals surface area (Å²) in [4.78, 5) is 25.7. The lowest BCUT2D eigenvalue weighted by molar-refractivity contribution is -0.118. The minimum Gasteiger partial charge on any atom is -0.369 e. The Morgan fingerprint density at radius 3 is 2.43 bits per heavy atom. The molecule has 0 aliphatic heterocycles. The number of anilines is 2. The number of fused-ring (bicyclic) bond motifs is 1. The Balaban J connectivity index is 1.54. The number of carbonyl (C=O) groups excluding carboxylic acids is 1. The average molecular weight is 417 g/mol. The zero-order chi connectivity index (χ0) is 20.9. The lowest BCUT2D eigenvalue weighted by atomic mass is 10.0. The van der Waals surface area contributed by atoms with Crippen LogP contribution in [0.2, 0.25) is 0 Å². The van der Waals surface area contributed by atoms with Crippen LogP contribution in [0.4, 0.5) is 11.5 Å². The number of rotatable bonds is 7. The van der Waals surface area contributed by atoms with Crippen LogP contribution in [0.15, 0.2) is 67.0 Å². The number of nitrogens with one attached hydrogen (secondary N) is 1. The molecular formula is C24H24N4OS. The minimum atomic E-state index is 0.0892. The molecular weight excluding hydrogens is 392 g/mol. The van der Waals surface area contributed by atoms with Crippen LogP contribution in [0, 0.1) is 6.92 Å². The summed E-state index contributed by atoms with van der Waals surface area (Å²) in [6.07, 6.45) is 1.97. The molecule has 4 rings (SSSR count). The van der Waals surface area contributed by atoms with Gasteiger partial charge in [0.1, 0.15) is 17.0 Å². The predicted molar refractivity (Wildman–Crippen MR) is 125 cm³/mol. The molecule has 0 aliphatic rings.